The summed E-state index contributed by atoms with van der Waals surface area (Å²) in [6.07, 6.45) is 7.70. The first-order chi connectivity index (χ1) is 8.20. The topological polar surface area (TPSA) is 38.3 Å². The third-order valence-electron chi connectivity index (χ3n) is 4.22. The maximum absolute atomic E-state index is 11.6. The SMILES string of the molecule is COC(=O)C(NCC1CCCC(C)C1)C1CC1. The summed E-state index contributed by atoms with van der Waals surface area (Å²) in [4.78, 5) is 11.6. The Labute approximate surface area is 104 Å². The monoisotopic (exact) mass is 239 g/mol. The summed E-state index contributed by atoms with van der Waals surface area (Å²) in [6.45, 7) is 3.32. The van der Waals surface area contributed by atoms with Gasteiger partial charge in [-0.15, -0.1) is 0 Å². The second-order valence-corrected chi connectivity index (χ2v) is 5.88. The molecule has 2 rings (SSSR count). The molecule has 0 heterocycles. The Kier molecular flexibility index (Phi) is 4.43. The minimum Gasteiger partial charge on any atom is -0.468 e. The number of esters is 1. The Bertz CT molecular complexity index is 263. The summed E-state index contributed by atoms with van der Waals surface area (Å²) in [5.41, 5.74) is 0. The Balaban J connectivity index is 1.76. The predicted molar refractivity (Wildman–Crippen MR) is 67.7 cm³/mol. The van der Waals surface area contributed by atoms with Gasteiger partial charge in [0.25, 0.3) is 0 Å². The van der Waals surface area contributed by atoms with Crippen LogP contribution >= 0.6 is 0 Å². The van der Waals surface area contributed by atoms with Crippen LogP contribution in [0.2, 0.25) is 0 Å². The fourth-order valence-electron chi connectivity index (χ4n) is 3.04. The Morgan fingerprint density at radius 3 is 2.71 bits per heavy atom. The summed E-state index contributed by atoms with van der Waals surface area (Å²) >= 11 is 0. The first-order valence-corrected chi connectivity index (χ1v) is 7.02. The molecule has 3 heteroatoms. The van der Waals surface area contributed by atoms with E-state index in [4.69, 9.17) is 4.74 Å². The Morgan fingerprint density at radius 1 is 1.35 bits per heavy atom. The maximum atomic E-state index is 11.6. The fourth-order valence-corrected chi connectivity index (χ4v) is 3.04. The summed E-state index contributed by atoms with van der Waals surface area (Å²) in [6, 6.07) is -0.0442. The van der Waals surface area contributed by atoms with Crippen molar-refractivity contribution in [2.45, 2.75) is 51.5 Å². The van der Waals surface area contributed by atoms with E-state index in [-0.39, 0.29) is 12.0 Å². The number of nitrogens with one attached hydrogen (secondary N) is 1. The smallest absolute Gasteiger partial charge is 0.323 e. The molecule has 0 radical (unpaired) electrons. The largest absolute Gasteiger partial charge is 0.468 e. The van der Waals surface area contributed by atoms with E-state index < -0.39 is 0 Å². The van der Waals surface area contributed by atoms with Crippen molar-refractivity contribution in [2.75, 3.05) is 13.7 Å². The van der Waals surface area contributed by atoms with Gasteiger partial charge in [0.15, 0.2) is 0 Å². The molecule has 3 atom stereocenters. The lowest BCUT2D eigenvalue weighted by molar-refractivity contribution is -0.143. The van der Waals surface area contributed by atoms with E-state index in [1.165, 1.54) is 45.6 Å². The van der Waals surface area contributed by atoms with Crippen LogP contribution in [-0.4, -0.2) is 25.7 Å². The lowest BCUT2D eigenvalue weighted by Crippen LogP contribution is -2.42. The van der Waals surface area contributed by atoms with Crippen molar-refractivity contribution in [3.05, 3.63) is 0 Å². The zero-order valence-corrected chi connectivity index (χ0v) is 11.1. The van der Waals surface area contributed by atoms with E-state index in [1.54, 1.807) is 0 Å². The molecule has 0 aliphatic heterocycles. The van der Waals surface area contributed by atoms with Gasteiger partial charge in [-0.1, -0.05) is 19.8 Å². The molecule has 0 aromatic heterocycles. The molecule has 0 aromatic carbocycles. The highest BCUT2D eigenvalue weighted by Gasteiger charge is 2.37. The normalized spacial score (nSPS) is 30.9. The molecule has 3 nitrogen and oxygen atoms in total. The average Bonchev–Trinajstić information content (AvgIpc) is 3.13. The highest BCUT2D eigenvalue weighted by atomic mass is 16.5. The molecule has 17 heavy (non-hydrogen) atoms. The predicted octanol–water partition coefficient (Wildman–Crippen LogP) is 2.35. The highest BCUT2D eigenvalue weighted by molar-refractivity contribution is 5.76. The van der Waals surface area contributed by atoms with Crippen LogP contribution in [-0.2, 0) is 9.53 Å². The number of ether oxygens (including phenoxy) is 1. The van der Waals surface area contributed by atoms with Gasteiger partial charge >= 0.3 is 5.97 Å². The Morgan fingerprint density at radius 2 is 2.12 bits per heavy atom. The van der Waals surface area contributed by atoms with Crippen molar-refractivity contribution in [2.24, 2.45) is 17.8 Å². The van der Waals surface area contributed by atoms with Crippen LogP contribution in [0, 0.1) is 17.8 Å². The van der Waals surface area contributed by atoms with Crippen LogP contribution in [0.3, 0.4) is 0 Å². The van der Waals surface area contributed by atoms with E-state index >= 15 is 0 Å². The van der Waals surface area contributed by atoms with Crippen LogP contribution in [0.1, 0.15) is 45.4 Å². The fraction of sp³-hybridized carbons (Fsp3) is 0.929. The molecular formula is C14H25NO2. The van der Waals surface area contributed by atoms with Crippen molar-refractivity contribution >= 4 is 5.97 Å². The highest BCUT2D eigenvalue weighted by Crippen LogP contribution is 2.34. The lowest BCUT2D eigenvalue weighted by Gasteiger charge is -2.28. The molecule has 0 saturated heterocycles. The molecule has 2 fully saturated rings. The third-order valence-corrected chi connectivity index (χ3v) is 4.22. The van der Waals surface area contributed by atoms with Gasteiger partial charge in [-0.2, -0.15) is 0 Å². The minimum absolute atomic E-state index is 0.0442. The quantitative estimate of drug-likeness (QED) is 0.748. The van der Waals surface area contributed by atoms with E-state index in [9.17, 15) is 4.79 Å². The first-order valence-electron chi connectivity index (χ1n) is 7.02. The number of methoxy groups -OCH3 is 1. The van der Waals surface area contributed by atoms with E-state index in [0.717, 1.165) is 18.4 Å². The van der Waals surface area contributed by atoms with Crippen molar-refractivity contribution in [3.8, 4) is 0 Å². The summed E-state index contributed by atoms with van der Waals surface area (Å²) in [5, 5.41) is 3.45. The molecule has 0 amide bonds. The molecule has 0 spiro atoms. The molecule has 1 N–H and O–H groups in total. The van der Waals surface area contributed by atoms with Gasteiger partial charge in [-0.25, -0.2) is 0 Å². The summed E-state index contributed by atoms with van der Waals surface area (Å²) in [5.74, 6) is 2.07. The van der Waals surface area contributed by atoms with Gasteiger partial charge in [0, 0.05) is 0 Å². The van der Waals surface area contributed by atoms with Crippen LogP contribution in [0.25, 0.3) is 0 Å². The van der Waals surface area contributed by atoms with Gasteiger partial charge in [-0.3, -0.25) is 4.79 Å². The molecule has 0 bridgehead atoms. The molecule has 0 aromatic rings. The Hall–Kier alpha value is -0.570. The lowest BCUT2D eigenvalue weighted by atomic mass is 9.82. The second-order valence-electron chi connectivity index (χ2n) is 5.88. The van der Waals surface area contributed by atoms with Gasteiger partial charge in [-0.05, 0) is 50.0 Å². The molecule has 3 unspecified atom stereocenters. The number of carbonyl (C=O) groups excluding carboxylic acids is 1. The van der Waals surface area contributed by atoms with Crippen molar-refractivity contribution in [1.82, 2.24) is 5.32 Å². The standard InChI is InChI=1S/C14H25NO2/c1-10-4-3-5-11(8-10)9-15-13(12-6-7-12)14(16)17-2/h10-13,15H,3-9H2,1-2H3. The zero-order valence-electron chi connectivity index (χ0n) is 11.1. The molecule has 2 aliphatic carbocycles. The van der Waals surface area contributed by atoms with Gasteiger partial charge < -0.3 is 10.1 Å². The zero-order chi connectivity index (χ0) is 12.3. The average molecular weight is 239 g/mol. The van der Waals surface area contributed by atoms with Crippen molar-refractivity contribution in [1.29, 1.82) is 0 Å². The molecule has 2 aliphatic rings. The van der Waals surface area contributed by atoms with E-state index in [0.29, 0.717) is 5.92 Å². The number of hydrogen-bond acceptors (Lipinski definition) is 3. The molecule has 2 saturated carbocycles. The van der Waals surface area contributed by atoms with Crippen LogP contribution in [0.15, 0.2) is 0 Å². The first kappa shape index (κ1) is 12.9. The van der Waals surface area contributed by atoms with Gasteiger partial charge in [0.2, 0.25) is 0 Å². The van der Waals surface area contributed by atoms with E-state index in [2.05, 4.69) is 12.2 Å². The van der Waals surface area contributed by atoms with Gasteiger partial charge in [0.1, 0.15) is 6.04 Å². The van der Waals surface area contributed by atoms with Crippen LogP contribution < -0.4 is 5.32 Å². The molecular weight excluding hydrogens is 214 g/mol. The third kappa shape index (κ3) is 3.70. The summed E-state index contributed by atoms with van der Waals surface area (Å²) in [7, 11) is 1.49. The maximum Gasteiger partial charge on any atom is 0.323 e. The van der Waals surface area contributed by atoms with Crippen LogP contribution in [0.4, 0.5) is 0 Å². The van der Waals surface area contributed by atoms with Gasteiger partial charge in [0.05, 0.1) is 7.11 Å². The van der Waals surface area contributed by atoms with E-state index in [1.807, 2.05) is 0 Å². The molecule has 98 valence electrons. The van der Waals surface area contributed by atoms with Crippen molar-refractivity contribution < 1.29 is 9.53 Å². The van der Waals surface area contributed by atoms with Crippen LogP contribution in [0.5, 0.6) is 0 Å². The summed E-state index contributed by atoms with van der Waals surface area (Å²) < 4.78 is 4.87. The van der Waals surface area contributed by atoms with Crippen molar-refractivity contribution in [3.63, 3.8) is 0 Å². The number of carbonyl (C=O) groups is 1. The minimum atomic E-state index is -0.0728. The number of hydrogen-bond donors (Lipinski definition) is 1. The number of rotatable bonds is 5. The second kappa shape index (κ2) is 5.85.